The summed E-state index contributed by atoms with van der Waals surface area (Å²) in [6, 6.07) is 8.25. The lowest BCUT2D eigenvalue weighted by Crippen LogP contribution is -2.14. The monoisotopic (exact) mass is 273 g/mol. The van der Waals surface area contributed by atoms with Crippen LogP contribution in [0.1, 0.15) is 16.1 Å². The van der Waals surface area contributed by atoms with Crippen molar-refractivity contribution < 1.29 is 14.6 Å². The fourth-order valence-electron chi connectivity index (χ4n) is 1.72. The van der Waals surface area contributed by atoms with E-state index in [-0.39, 0.29) is 5.56 Å². The first-order chi connectivity index (χ1) is 9.51. The Hall–Kier alpha value is -2.63. The van der Waals surface area contributed by atoms with Crippen molar-refractivity contribution in [2.24, 2.45) is 0 Å². The predicted octanol–water partition coefficient (Wildman–Crippen LogP) is 2.26. The minimum Gasteiger partial charge on any atom is -0.481 e. The number of benzene rings is 1. The number of methoxy groups -OCH3 is 1. The van der Waals surface area contributed by atoms with Gasteiger partial charge in [0.05, 0.1) is 12.7 Å². The summed E-state index contributed by atoms with van der Waals surface area (Å²) in [6.45, 7) is 1.86. The van der Waals surface area contributed by atoms with Crippen LogP contribution in [-0.2, 0) is 0 Å². The maximum Gasteiger partial charge on any atom is 0.335 e. The standard InChI is InChI=1S/C14H15N3O3/c1-9-8-12(20-3)16-14(15-9)17(2)11-6-4-10(5-7-11)13(18)19/h4-8H,1-3H3,(H,18,19). The Morgan fingerprint density at radius 3 is 2.45 bits per heavy atom. The van der Waals surface area contributed by atoms with E-state index in [2.05, 4.69) is 9.97 Å². The highest BCUT2D eigenvalue weighted by atomic mass is 16.5. The summed E-state index contributed by atoms with van der Waals surface area (Å²) in [5.74, 6) is 0.0270. The third-order valence-electron chi connectivity index (χ3n) is 2.83. The molecule has 1 heterocycles. The number of carbonyl (C=O) groups is 1. The lowest BCUT2D eigenvalue weighted by molar-refractivity contribution is 0.0697. The maximum absolute atomic E-state index is 10.8. The summed E-state index contributed by atoms with van der Waals surface area (Å²) in [4.78, 5) is 21.2. The number of ether oxygens (including phenoxy) is 1. The van der Waals surface area contributed by atoms with Gasteiger partial charge in [0, 0.05) is 24.5 Å². The predicted molar refractivity (Wildman–Crippen MR) is 74.8 cm³/mol. The van der Waals surface area contributed by atoms with Crippen LogP contribution in [-0.4, -0.2) is 35.2 Å². The number of aryl methyl sites for hydroxylation is 1. The summed E-state index contributed by atoms with van der Waals surface area (Å²) >= 11 is 0. The number of aromatic carboxylic acids is 1. The highest BCUT2D eigenvalue weighted by Crippen LogP contribution is 2.22. The summed E-state index contributed by atoms with van der Waals surface area (Å²) in [6.07, 6.45) is 0. The van der Waals surface area contributed by atoms with Crippen LogP contribution in [0.5, 0.6) is 5.88 Å². The highest BCUT2D eigenvalue weighted by Gasteiger charge is 2.10. The summed E-state index contributed by atoms with van der Waals surface area (Å²) in [7, 11) is 3.36. The number of carboxylic acids is 1. The molecule has 0 amide bonds. The van der Waals surface area contributed by atoms with Crippen LogP contribution in [0.15, 0.2) is 30.3 Å². The molecule has 6 nitrogen and oxygen atoms in total. The molecule has 0 atom stereocenters. The number of aromatic nitrogens is 2. The number of anilines is 2. The Morgan fingerprint density at radius 2 is 1.90 bits per heavy atom. The first-order valence-corrected chi connectivity index (χ1v) is 5.98. The van der Waals surface area contributed by atoms with Crippen LogP contribution in [0, 0.1) is 6.92 Å². The van der Waals surface area contributed by atoms with Gasteiger partial charge in [-0.1, -0.05) is 0 Å². The van der Waals surface area contributed by atoms with E-state index < -0.39 is 5.97 Å². The Morgan fingerprint density at radius 1 is 1.25 bits per heavy atom. The van der Waals surface area contributed by atoms with E-state index in [1.165, 1.54) is 0 Å². The first-order valence-electron chi connectivity index (χ1n) is 5.98. The fourth-order valence-corrected chi connectivity index (χ4v) is 1.72. The van der Waals surface area contributed by atoms with Crippen molar-refractivity contribution in [3.8, 4) is 5.88 Å². The quantitative estimate of drug-likeness (QED) is 0.920. The molecule has 0 spiro atoms. The molecule has 0 unspecified atom stereocenters. The van der Waals surface area contributed by atoms with E-state index in [0.29, 0.717) is 11.8 Å². The molecule has 1 aromatic heterocycles. The van der Waals surface area contributed by atoms with Gasteiger partial charge in [0.1, 0.15) is 0 Å². The van der Waals surface area contributed by atoms with Gasteiger partial charge in [-0.05, 0) is 31.2 Å². The number of nitrogens with zero attached hydrogens (tertiary/aromatic N) is 3. The Kier molecular flexibility index (Phi) is 3.84. The Balaban J connectivity index is 2.32. The highest BCUT2D eigenvalue weighted by molar-refractivity contribution is 5.88. The Labute approximate surface area is 116 Å². The molecule has 1 N–H and O–H groups in total. The van der Waals surface area contributed by atoms with E-state index in [1.54, 1.807) is 42.3 Å². The number of carboxylic acid groups (broad SMARTS) is 1. The lowest BCUT2D eigenvalue weighted by atomic mass is 10.2. The van der Waals surface area contributed by atoms with Gasteiger partial charge in [-0.2, -0.15) is 4.98 Å². The summed E-state index contributed by atoms with van der Waals surface area (Å²) < 4.78 is 5.12. The molecule has 104 valence electrons. The average molecular weight is 273 g/mol. The summed E-state index contributed by atoms with van der Waals surface area (Å²) in [5, 5.41) is 8.88. The second kappa shape index (κ2) is 5.56. The third kappa shape index (κ3) is 2.85. The molecule has 2 rings (SSSR count). The second-order valence-electron chi connectivity index (χ2n) is 4.26. The molecule has 2 aromatic rings. The molecule has 0 aliphatic rings. The van der Waals surface area contributed by atoms with Gasteiger partial charge in [0.15, 0.2) is 0 Å². The van der Waals surface area contributed by atoms with Crippen LogP contribution in [0.2, 0.25) is 0 Å². The van der Waals surface area contributed by atoms with Gasteiger partial charge >= 0.3 is 5.97 Å². The van der Waals surface area contributed by atoms with E-state index in [9.17, 15) is 4.79 Å². The smallest absolute Gasteiger partial charge is 0.335 e. The molecule has 0 saturated carbocycles. The zero-order valence-electron chi connectivity index (χ0n) is 11.5. The van der Waals surface area contributed by atoms with Crippen molar-refractivity contribution >= 4 is 17.6 Å². The van der Waals surface area contributed by atoms with Crippen LogP contribution < -0.4 is 9.64 Å². The number of hydrogen-bond donors (Lipinski definition) is 1. The topological polar surface area (TPSA) is 75.5 Å². The van der Waals surface area contributed by atoms with Crippen molar-refractivity contribution in [3.05, 3.63) is 41.6 Å². The van der Waals surface area contributed by atoms with Crippen LogP contribution in [0.25, 0.3) is 0 Å². The average Bonchev–Trinajstić information content (AvgIpc) is 2.45. The molecule has 1 aromatic carbocycles. The van der Waals surface area contributed by atoms with Crippen molar-refractivity contribution in [1.29, 1.82) is 0 Å². The van der Waals surface area contributed by atoms with Crippen molar-refractivity contribution in [2.45, 2.75) is 6.92 Å². The van der Waals surface area contributed by atoms with E-state index in [0.717, 1.165) is 11.4 Å². The van der Waals surface area contributed by atoms with Gasteiger partial charge in [-0.25, -0.2) is 9.78 Å². The molecule has 20 heavy (non-hydrogen) atoms. The van der Waals surface area contributed by atoms with Crippen LogP contribution in [0.3, 0.4) is 0 Å². The van der Waals surface area contributed by atoms with E-state index in [1.807, 2.05) is 14.0 Å². The van der Waals surface area contributed by atoms with Gasteiger partial charge in [0.25, 0.3) is 0 Å². The molecule has 0 radical (unpaired) electrons. The SMILES string of the molecule is COc1cc(C)nc(N(C)c2ccc(C(=O)O)cc2)n1. The zero-order chi connectivity index (χ0) is 14.7. The van der Waals surface area contributed by atoms with Gasteiger partial charge in [-0.3, -0.25) is 0 Å². The van der Waals surface area contributed by atoms with Crippen LogP contribution in [0.4, 0.5) is 11.6 Å². The van der Waals surface area contributed by atoms with Gasteiger partial charge < -0.3 is 14.7 Å². The molecule has 0 fully saturated rings. The minimum absolute atomic E-state index is 0.241. The van der Waals surface area contributed by atoms with E-state index >= 15 is 0 Å². The first kappa shape index (κ1) is 13.8. The molecule has 0 saturated heterocycles. The van der Waals surface area contributed by atoms with E-state index in [4.69, 9.17) is 9.84 Å². The van der Waals surface area contributed by atoms with Gasteiger partial charge in [-0.15, -0.1) is 0 Å². The summed E-state index contributed by atoms with van der Waals surface area (Å²) in [5.41, 5.74) is 1.83. The Bertz CT molecular complexity index is 626. The second-order valence-corrected chi connectivity index (χ2v) is 4.26. The normalized spacial score (nSPS) is 10.2. The van der Waals surface area contributed by atoms with Crippen molar-refractivity contribution in [3.63, 3.8) is 0 Å². The molecule has 0 aliphatic carbocycles. The zero-order valence-corrected chi connectivity index (χ0v) is 11.5. The fraction of sp³-hybridized carbons (Fsp3) is 0.214. The maximum atomic E-state index is 10.8. The number of hydrogen-bond acceptors (Lipinski definition) is 5. The molecule has 6 heteroatoms. The van der Waals surface area contributed by atoms with Crippen molar-refractivity contribution in [2.75, 3.05) is 19.1 Å². The molecular weight excluding hydrogens is 258 g/mol. The minimum atomic E-state index is -0.951. The third-order valence-corrected chi connectivity index (χ3v) is 2.83. The molecular formula is C14H15N3O3. The van der Waals surface area contributed by atoms with Crippen molar-refractivity contribution in [1.82, 2.24) is 9.97 Å². The molecule has 0 aliphatic heterocycles. The largest absolute Gasteiger partial charge is 0.481 e. The molecule has 0 bridgehead atoms. The van der Waals surface area contributed by atoms with Gasteiger partial charge in [0.2, 0.25) is 11.8 Å². The van der Waals surface area contributed by atoms with Crippen LogP contribution >= 0.6 is 0 Å². The lowest BCUT2D eigenvalue weighted by Gasteiger charge is -2.18. The number of rotatable bonds is 4.